The third-order valence-electron chi connectivity index (χ3n) is 4.25. The van der Waals surface area contributed by atoms with Crippen LogP contribution in [0, 0.1) is 0 Å². The number of carbonyl (C=O) groups excluding carboxylic acids is 2. The van der Waals surface area contributed by atoms with Gasteiger partial charge in [0.25, 0.3) is 0 Å². The number of allylic oxidation sites excluding steroid dienone is 1. The largest absolute Gasteiger partial charge is 0.342 e. The van der Waals surface area contributed by atoms with Crippen LogP contribution in [0.1, 0.15) is 59.3 Å². The smallest absolute Gasteiger partial charge is 0.224 e. The van der Waals surface area contributed by atoms with Crippen molar-refractivity contribution in [1.82, 2.24) is 9.80 Å². The van der Waals surface area contributed by atoms with Gasteiger partial charge in [0.15, 0.2) is 0 Å². The number of likely N-dealkylation sites (tertiary alicyclic amines) is 1. The lowest BCUT2D eigenvalue weighted by atomic mass is 10.2. The molecular formula is C17H30N2O2. The van der Waals surface area contributed by atoms with Gasteiger partial charge in [0.1, 0.15) is 0 Å². The first-order chi connectivity index (χ1) is 10.1. The number of hydrogen-bond acceptors (Lipinski definition) is 2. The Bertz CT molecular complexity index is 366. The summed E-state index contributed by atoms with van der Waals surface area (Å²) >= 11 is 0. The van der Waals surface area contributed by atoms with E-state index >= 15 is 0 Å². The van der Waals surface area contributed by atoms with Gasteiger partial charge in [-0.05, 0) is 33.1 Å². The number of amides is 2. The maximum Gasteiger partial charge on any atom is 0.224 e. The molecule has 0 N–H and O–H groups in total. The second-order valence-corrected chi connectivity index (χ2v) is 5.81. The second-order valence-electron chi connectivity index (χ2n) is 5.81. The highest BCUT2D eigenvalue weighted by Crippen LogP contribution is 2.13. The van der Waals surface area contributed by atoms with E-state index in [1.165, 1.54) is 0 Å². The van der Waals surface area contributed by atoms with E-state index in [2.05, 4.69) is 13.8 Å². The van der Waals surface area contributed by atoms with Gasteiger partial charge in [-0.3, -0.25) is 9.59 Å². The van der Waals surface area contributed by atoms with Gasteiger partial charge in [0.2, 0.25) is 11.8 Å². The Labute approximate surface area is 129 Å². The molecule has 0 aromatic rings. The first-order valence-corrected chi connectivity index (χ1v) is 8.28. The minimum atomic E-state index is 0.152. The Kier molecular flexibility index (Phi) is 8.09. The Morgan fingerprint density at radius 2 is 2.14 bits per heavy atom. The predicted octanol–water partition coefficient (Wildman–Crippen LogP) is 2.98. The predicted molar refractivity (Wildman–Crippen MR) is 85.9 cm³/mol. The molecule has 1 aliphatic heterocycles. The molecule has 0 saturated carbocycles. The number of nitrogens with zero attached hydrogens (tertiary/aromatic N) is 2. The van der Waals surface area contributed by atoms with E-state index in [0.29, 0.717) is 25.9 Å². The lowest BCUT2D eigenvalue weighted by molar-refractivity contribution is -0.135. The average Bonchev–Trinajstić information content (AvgIpc) is 2.69. The van der Waals surface area contributed by atoms with Crippen LogP contribution in [-0.4, -0.2) is 47.3 Å². The summed E-state index contributed by atoms with van der Waals surface area (Å²) in [7, 11) is 0. The van der Waals surface area contributed by atoms with Gasteiger partial charge in [-0.15, -0.1) is 0 Å². The van der Waals surface area contributed by atoms with E-state index in [9.17, 15) is 9.59 Å². The highest BCUT2D eigenvalue weighted by molar-refractivity contribution is 5.79. The summed E-state index contributed by atoms with van der Waals surface area (Å²) in [6, 6.07) is 0.244. The van der Waals surface area contributed by atoms with Crippen molar-refractivity contribution in [2.24, 2.45) is 0 Å². The number of hydrogen-bond donors (Lipinski definition) is 0. The van der Waals surface area contributed by atoms with Crippen LogP contribution in [0.5, 0.6) is 0 Å². The third-order valence-corrected chi connectivity index (χ3v) is 4.25. The Hall–Kier alpha value is -1.32. The molecule has 0 aliphatic carbocycles. The van der Waals surface area contributed by atoms with Gasteiger partial charge in [0, 0.05) is 38.5 Å². The van der Waals surface area contributed by atoms with Crippen molar-refractivity contribution in [2.45, 2.75) is 65.3 Å². The Balaban J connectivity index is 2.53. The highest BCUT2D eigenvalue weighted by Gasteiger charge is 2.21. The van der Waals surface area contributed by atoms with E-state index < -0.39 is 0 Å². The van der Waals surface area contributed by atoms with Gasteiger partial charge in [-0.25, -0.2) is 0 Å². The fraction of sp³-hybridized carbons (Fsp3) is 0.765. The van der Waals surface area contributed by atoms with Crippen LogP contribution in [0.4, 0.5) is 0 Å². The molecule has 1 unspecified atom stereocenters. The molecule has 4 nitrogen and oxygen atoms in total. The second kappa shape index (κ2) is 9.59. The average molecular weight is 294 g/mol. The van der Waals surface area contributed by atoms with Crippen LogP contribution in [0.2, 0.25) is 0 Å². The van der Waals surface area contributed by atoms with Crippen molar-refractivity contribution in [3.05, 3.63) is 12.2 Å². The van der Waals surface area contributed by atoms with Crippen LogP contribution in [0.15, 0.2) is 12.2 Å². The van der Waals surface area contributed by atoms with Crippen LogP contribution in [0.3, 0.4) is 0 Å². The van der Waals surface area contributed by atoms with Crippen molar-refractivity contribution in [2.75, 3.05) is 19.6 Å². The maximum absolute atomic E-state index is 12.4. The lowest BCUT2D eigenvalue weighted by Gasteiger charge is -2.29. The van der Waals surface area contributed by atoms with Crippen LogP contribution in [-0.2, 0) is 9.59 Å². The van der Waals surface area contributed by atoms with Gasteiger partial charge >= 0.3 is 0 Å². The van der Waals surface area contributed by atoms with E-state index in [0.717, 1.165) is 32.2 Å². The van der Waals surface area contributed by atoms with Crippen molar-refractivity contribution < 1.29 is 9.59 Å². The Morgan fingerprint density at radius 3 is 2.81 bits per heavy atom. The molecule has 1 aliphatic rings. The van der Waals surface area contributed by atoms with Crippen molar-refractivity contribution in [3.63, 3.8) is 0 Å². The summed E-state index contributed by atoms with van der Waals surface area (Å²) in [6.45, 7) is 8.19. The molecule has 4 heteroatoms. The molecule has 0 spiro atoms. The minimum absolute atomic E-state index is 0.152. The van der Waals surface area contributed by atoms with Crippen LogP contribution >= 0.6 is 0 Å². The molecule has 21 heavy (non-hydrogen) atoms. The molecule has 120 valence electrons. The van der Waals surface area contributed by atoms with Crippen molar-refractivity contribution in [3.8, 4) is 0 Å². The molecule has 0 aromatic heterocycles. The van der Waals surface area contributed by atoms with Crippen molar-refractivity contribution >= 4 is 11.8 Å². The molecule has 0 bridgehead atoms. The minimum Gasteiger partial charge on any atom is -0.342 e. The standard InChI is InChI=1S/C17H30N2O2/c1-4-6-13-19(15(3)5-2)17(21)11-14-18-12-9-7-8-10-16(18)20/h4,6,15H,5,7-14H2,1-3H3/b6-4+. The molecule has 1 fully saturated rings. The molecule has 1 atom stereocenters. The topological polar surface area (TPSA) is 40.6 Å². The van der Waals surface area contributed by atoms with E-state index in [4.69, 9.17) is 0 Å². The summed E-state index contributed by atoms with van der Waals surface area (Å²) in [5.41, 5.74) is 0. The fourth-order valence-corrected chi connectivity index (χ4v) is 2.62. The zero-order valence-corrected chi connectivity index (χ0v) is 13.8. The monoisotopic (exact) mass is 294 g/mol. The van der Waals surface area contributed by atoms with Crippen LogP contribution in [0.25, 0.3) is 0 Å². The molecule has 2 amide bonds. The normalized spacial score (nSPS) is 17.9. The summed E-state index contributed by atoms with van der Waals surface area (Å²) in [5.74, 6) is 0.364. The fourth-order valence-electron chi connectivity index (χ4n) is 2.62. The molecular weight excluding hydrogens is 264 g/mol. The SMILES string of the molecule is C/C=C/CN(C(=O)CCN1CCCCCC1=O)C(C)CC. The molecule has 0 radical (unpaired) electrons. The van der Waals surface area contributed by atoms with Gasteiger partial charge in [0.05, 0.1) is 0 Å². The number of rotatable bonds is 7. The summed E-state index contributed by atoms with van der Waals surface area (Å²) in [5, 5.41) is 0. The third kappa shape index (κ3) is 5.90. The van der Waals surface area contributed by atoms with Crippen molar-refractivity contribution in [1.29, 1.82) is 0 Å². The summed E-state index contributed by atoms with van der Waals surface area (Å²) < 4.78 is 0. The Morgan fingerprint density at radius 1 is 1.38 bits per heavy atom. The van der Waals surface area contributed by atoms with Gasteiger partial charge < -0.3 is 9.80 Å². The summed E-state index contributed by atoms with van der Waals surface area (Å²) in [4.78, 5) is 28.2. The van der Waals surface area contributed by atoms with E-state index in [1.807, 2.05) is 28.9 Å². The lowest BCUT2D eigenvalue weighted by Crippen LogP contribution is -2.41. The van der Waals surface area contributed by atoms with Crippen LogP contribution < -0.4 is 0 Å². The zero-order valence-electron chi connectivity index (χ0n) is 13.8. The summed E-state index contributed by atoms with van der Waals surface area (Å²) in [6.07, 6.45) is 9.19. The van der Waals surface area contributed by atoms with Gasteiger partial charge in [-0.1, -0.05) is 25.5 Å². The van der Waals surface area contributed by atoms with E-state index in [-0.39, 0.29) is 17.9 Å². The molecule has 1 rings (SSSR count). The zero-order chi connectivity index (χ0) is 15.7. The van der Waals surface area contributed by atoms with E-state index in [1.54, 1.807) is 0 Å². The molecule has 1 saturated heterocycles. The molecule has 1 heterocycles. The van der Waals surface area contributed by atoms with Gasteiger partial charge in [-0.2, -0.15) is 0 Å². The number of carbonyl (C=O) groups is 2. The highest BCUT2D eigenvalue weighted by atomic mass is 16.2. The first-order valence-electron chi connectivity index (χ1n) is 8.28. The quantitative estimate of drug-likeness (QED) is 0.677. The maximum atomic E-state index is 12.4. The first kappa shape index (κ1) is 17.7. The molecule has 0 aromatic carbocycles.